The van der Waals surface area contributed by atoms with Gasteiger partial charge in [-0.3, -0.25) is 14.4 Å². The third-order valence-corrected chi connectivity index (χ3v) is 7.61. The molecule has 1 aromatic heterocycles. The van der Waals surface area contributed by atoms with E-state index in [0.717, 1.165) is 28.9 Å². The monoisotopic (exact) mass is 634 g/mol. The number of carbonyl (C=O) groups is 2. The highest BCUT2D eigenvalue weighted by Gasteiger charge is 2.16. The molecule has 5 aromatic rings. The Morgan fingerprint density at radius 2 is 1.32 bits per heavy atom. The molecule has 2 unspecified atom stereocenters. The zero-order chi connectivity index (χ0) is 33.4. The second-order valence-electron chi connectivity index (χ2n) is 11.3. The van der Waals surface area contributed by atoms with Crippen molar-refractivity contribution < 1.29 is 19.1 Å². The molecule has 9 nitrogen and oxygen atoms in total. The lowest BCUT2D eigenvalue weighted by Gasteiger charge is -2.14. The Morgan fingerprint density at radius 1 is 0.766 bits per heavy atom. The average Bonchev–Trinajstić information content (AvgIpc) is 3.09. The molecule has 0 radical (unpaired) electrons. The normalized spacial score (nSPS) is 12.0. The van der Waals surface area contributed by atoms with Crippen LogP contribution >= 0.6 is 0 Å². The minimum atomic E-state index is -0.565. The van der Waals surface area contributed by atoms with Crippen LogP contribution in [0, 0.1) is 5.92 Å². The number of H-pyrrole nitrogens is 1. The number of rotatable bonds is 14. The van der Waals surface area contributed by atoms with Crippen LogP contribution in [0.5, 0.6) is 0 Å². The molecule has 47 heavy (non-hydrogen) atoms. The van der Waals surface area contributed by atoms with Gasteiger partial charge in [-0.15, -0.1) is 0 Å². The van der Waals surface area contributed by atoms with E-state index >= 15 is 0 Å². The van der Waals surface area contributed by atoms with Crippen LogP contribution in [0.15, 0.2) is 114 Å². The van der Waals surface area contributed by atoms with Crippen molar-refractivity contribution in [3.8, 4) is 0 Å². The maximum Gasteiger partial charge on any atom is 0.258 e. The Labute approximate surface area is 275 Å². The first-order chi connectivity index (χ1) is 22.8. The van der Waals surface area contributed by atoms with Gasteiger partial charge in [0.15, 0.2) is 0 Å². The molecule has 0 aliphatic heterocycles. The van der Waals surface area contributed by atoms with Gasteiger partial charge in [-0.2, -0.15) is 0 Å². The van der Waals surface area contributed by atoms with Crippen molar-refractivity contribution in [2.75, 3.05) is 18.5 Å². The minimum absolute atomic E-state index is 0.0809. The van der Waals surface area contributed by atoms with Gasteiger partial charge in [0.1, 0.15) is 5.82 Å². The van der Waals surface area contributed by atoms with E-state index in [2.05, 4.69) is 22.2 Å². The number of nitrogens with zero attached hydrogens (tertiary/aromatic N) is 1. The van der Waals surface area contributed by atoms with Crippen molar-refractivity contribution in [3.05, 3.63) is 142 Å². The average molecular weight is 635 g/mol. The fourth-order valence-corrected chi connectivity index (χ4v) is 4.72. The second-order valence-corrected chi connectivity index (χ2v) is 11.3. The van der Waals surface area contributed by atoms with Crippen LogP contribution in [0.4, 0.5) is 5.69 Å². The van der Waals surface area contributed by atoms with Crippen molar-refractivity contribution in [2.45, 2.75) is 45.8 Å². The van der Waals surface area contributed by atoms with Crippen LogP contribution in [0.3, 0.4) is 0 Å². The molecule has 0 saturated carbocycles. The molecule has 0 aliphatic carbocycles. The van der Waals surface area contributed by atoms with E-state index in [1.165, 1.54) is 0 Å². The summed E-state index contributed by atoms with van der Waals surface area (Å²) in [6.45, 7) is 6.13. The second kappa shape index (κ2) is 18.1. The van der Waals surface area contributed by atoms with Crippen molar-refractivity contribution in [2.24, 2.45) is 11.7 Å². The first kappa shape index (κ1) is 34.7. The van der Waals surface area contributed by atoms with E-state index in [1.54, 1.807) is 30.3 Å². The number of nitrogens with one attached hydrogen (secondary N) is 2. The highest BCUT2D eigenvalue weighted by atomic mass is 16.5. The Hall–Kier alpha value is -5.12. The first-order valence-corrected chi connectivity index (χ1v) is 15.7. The van der Waals surface area contributed by atoms with Gasteiger partial charge < -0.3 is 25.5 Å². The summed E-state index contributed by atoms with van der Waals surface area (Å²) < 4.78 is 11.3. The number of para-hydroxylation sites is 2. The summed E-state index contributed by atoms with van der Waals surface area (Å²) in [5, 5.41) is 3.38. The SMILES string of the molecule is CC(CCOCc1ccccc1)C(=O)Nc1ccccc1C(N)=O.CC(CCOCc1ccccc1)c1nc2ccccc2c(=O)[nH]1. The smallest absolute Gasteiger partial charge is 0.258 e. The number of anilines is 1. The Kier molecular flexibility index (Phi) is 13.4. The van der Waals surface area contributed by atoms with Gasteiger partial charge in [0.2, 0.25) is 5.91 Å². The van der Waals surface area contributed by atoms with Crippen molar-refractivity contribution in [1.82, 2.24) is 9.97 Å². The summed E-state index contributed by atoms with van der Waals surface area (Å²) in [6, 6.07) is 34.1. The summed E-state index contributed by atoms with van der Waals surface area (Å²) in [6.07, 6.45) is 1.41. The van der Waals surface area contributed by atoms with Gasteiger partial charge in [-0.25, -0.2) is 4.98 Å². The minimum Gasteiger partial charge on any atom is -0.377 e. The van der Waals surface area contributed by atoms with Crippen LogP contribution < -0.4 is 16.6 Å². The molecule has 2 amide bonds. The van der Waals surface area contributed by atoms with Crippen molar-refractivity contribution >= 4 is 28.4 Å². The molecule has 0 spiro atoms. The summed E-state index contributed by atoms with van der Waals surface area (Å²) >= 11 is 0. The molecule has 0 bridgehead atoms. The van der Waals surface area contributed by atoms with E-state index in [1.807, 2.05) is 85.8 Å². The van der Waals surface area contributed by atoms with E-state index in [0.29, 0.717) is 49.5 Å². The molecule has 1 heterocycles. The molecule has 244 valence electrons. The molecule has 5 rings (SSSR count). The van der Waals surface area contributed by atoms with E-state index in [-0.39, 0.29) is 23.3 Å². The summed E-state index contributed by atoms with van der Waals surface area (Å²) in [7, 11) is 0. The standard InChI is InChI=1S/C19H22N2O3.C19H20N2O2/c1-14(11-12-24-13-15-7-3-2-4-8-15)19(23)21-17-10-6-5-9-16(17)18(20)22;1-14(11-12-23-13-15-7-3-2-4-8-15)18-20-17-10-6-5-9-16(17)19(22)21-18/h2-10,14H,11-13H2,1H3,(H2,20,22)(H,21,23);2-10,14H,11-13H2,1H3,(H,20,21,22). The van der Waals surface area contributed by atoms with Gasteiger partial charge in [0, 0.05) is 25.0 Å². The zero-order valence-electron chi connectivity index (χ0n) is 26.9. The number of fused-ring (bicyclic) bond motifs is 1. The Balaban J connectivity index is 0.000000213. The molecule has 4 N–H and O–H groups in total. The fourth-order valence-electron chi connectivity index (χ4n) is 4.72. The van der Waals surface area contributed by atoms with Crippen molar-refractivity contribution in [1.29, 1.82) is 0 Å². The van der Waals surface area contributed by atoms with Crippen molar-refractivity contribution in [3.63, 3.8) is 0 Å². The lowest BCUT2D eigenvalue weighted by Crippen LogP contribution is -2.24. The number of ether oxygens (including phenoxy) is 2. The lowest BCUT2D eigenvalue weighted by molar-refractivity contribution is -0.120. The number of nitrogens with two attached hydrogens (primary N) is 1. The molecule has 0 fully saturated rings. The molecular formula is C38H42N4O5. The summed E-state index contributed by atoms with van der Waals surface area (Å²) in [4.78, 5) is 43.1. The first-order valence-electron chi connectivity index (χ1n) is 15.7. The van der Waals surface area contributed by atoms with Crippen LogP contribution in [-0.2, 0) is 27.5 Å². The predicted octanol–water partition coefficient (Wildman–Crippen LogP) is 6.60. The van der Waals surface area contributed by atoms with Gasteiger partial charge in [-0.05, 0) is 48.2 Å². The number of benzene rings is 4. The molecule has 0 aliphatic rings. The maximum atomic E-state index is 12.2. The van der Waals surface area contributed by atoms with Crippen LogP contribution in [0.1, 0.15) is 59.9 Å². The summed E-state index contributed by atoms with van der Waals surface area (Å²) in [5.74, 6) is -0.0986. The number of amides is 2. The molecule has 0 saturated heterocycles. The third kappa shape index (κ3) is 11.0. The van der Waals surface area contributed by atoms with E-state index in [9.17, 15) is 14.4 Å². The Morgan fingerprint density at radius 3 is 1.96 bits per heavy atom. The number of primary amides is 1. The molecular weight excluding hydrogens is 592 g/mol. The largest absolute Gasteiger partial charge is 0.377 e. The van der Waals surface area contributed by atoms with Gasteiger partial charge >= 0.3 is 0 Å². The number of hydrogen-bond donors (Lipinski definition) is 3. The highest BCUT2D eigenvalue weighted by molar-refractivity contribution is 6.03. The number of aromatic nitrogens is 2. The van der Waals surface area contributed by atoms with Crippen LogP contribution in [0.25, 0.3) is 10.9 Å². The summed E-state index contributed by atoms with van der Waals surface area (Å²) in [5.41, 5.74) is 8.98. The number of hydrogen-bond acceptors (Lipinski definition) is 6. The van der Waals surface area contributed by atoms with E-state index in [4.69, 9.17) is 15.2 Å². The van der Waals surface area contributed by atoms with Gasteiger partial charge in [0.05, 0.1) is 35.4 Å². The maximum absolute atomic E-state index is 12.2. The molecule has 2 atom stereocenters. The predicted molar refractivity (Wildman–Crippen MR) is 185 cm³/mol. The zero-order valence-corrected chi connectivity index (χ0v) is 26.9. The molecule has 4 aromatic carbocycles. The van der Waals surface area contributed by atoms with E-state index < -0.39 is 5.91 Å². The van der Waals surface area contributed by atoms with Crippen LogP contribution in [-0.4, -0.2) is 35.0 Å². The third-order valence-electron chi connectivity index (χ3n) is 7.61. The number of aromatic amines is 1. The number of carbonyl (C=O) groups excluding carboxylic acids is 2. The Bertz CT molecular complexity index is 1780. The van der Waals surface area contributed by atoms with Gasteiger partial charge in [-0.1, -0.05) is 98.8 Å². The lowest BCUT2D eigenvalue weighted by atomic mass is 10.1. The van der Waals surface area contributed by atoms with Crippen LogP contribution in [0.2, 0.25) is 0 Å². The molecule has 9 heteroatoms. The highest BCUT2D eigenvalue weighted by Crippen LogP contribution is 2.18. The topological polar surface area (TPSA) is 136 Å². The quantitative estimate of drug-likeness (QED) is 0.118. The fraction of sp³-hybridized carbons (Fsp3) is 0.263. The van der Waals surface area contributed by atoms with Gasteiger partial charge in [0.25, 0.3) is 11.5 Å².